The van der Waals surface area contributed by atoms with E-state index in [9.17, 15) is 9.59 Å². The van der Waals surface area contributed by atoms with Crippen molar-refractivity contribution >= 4 is 34.4 Å². The number of hydrogen-bond acceptors (Lipinski definition) is 4. The standard InChI is InChI=1S/C20H21N3O2S/c1-13-7-6-8-14(2)18(13)22-17(24)11-16-19(25)23-20(26-16)21-12-15-9-4-3-5-10-15/h3-10,16H,11-12H2,1-2H3,(H,22,24)(H,21,23,25)/t16-/m0/s1. The number of anilines is 1. The maximum absolute atomic E-state index is 12.4. The lowest BCUT2D eigenvalue weighted by Crippen LogP contribution is -2.28. The van der Waals surface area contributed by atoms with Crippen LogP contribution in [0.1, 0.15) is 23.1 Å². The minimum Gasteiger partial charge on any atom is -0.326 e. The Morgan fingerprint density at radius 2 is 1.81 bits per heavy atom. The van der Waals surface area contributed by atoms with Crippen LogP contribution < -0.4 is 10.6 Å². The first-order valence-electron chi connectivity index (χ1n) is 8.45. The van der Waals surface area contributed by atoms with Crippen LogP contribution in [0.3, 0.4) is 0 Å². The number of carbonyl (C=O) groups is 2. The van der Waals surface area contributed by atoms with E-state index in [1.165, 1.54) is 11.8 Å². The highest BCUT2D eigenvalue weighted by Crippen LogP contribution is 2.25. The lowest BCUT2D eigenvalue weighted by Gasteiger charge is -2.12. The molecule has 1 aliphatic rings. The monoisotopic (exact) mass is 367 g/mol. The zero-order chi connectivity index (χ0) is 18.5. The summed E-state index contributed by atoms with van der Waals surface area (Å²) in [4.78, 5) is 28.9. The van der Waals surface area contributed by atoms with E-state index in [-0.39, 0.29) is 18.2 Å². The number of carbonyl (C=O) groups excluding carboxylic acids is 2. The lowest BCUT2D eigenvalue weighted by molar-refractivity contribution is -0.122. The SMILES string of the molecule is Cc1cccc(C)c1NC(=O)C[C@@H]1SC(=NCc2ccccc2)NC1=O. The van der Waals surface area contributed by atoms with Crippen LogP contribution in [-0.4, -0.2) is 22.2 Å². The summed E-state index contributed by atoms with van der Waals surface area (Å²) in [6.45, 7) is 4.41. The van der Waals surface area contributed by atoms with Gasteiger partial charge in [-0.25, -0.2) is 0 Å². The van der Waals surface area contributed by atoms with Gasteiger partial charge in [-0.05, 0) is 30.5 Å². The van der Waals surface area contributed by atoms with E-state index in [0.717, 1.165) is 22.4 Å². The second kappa shape index (κ2) is 8.19. The van der Waals surface area contributed by atoms with Gasteiger partial charge in [0.25, 0.3) is 0 Å². The molecular weight excluding hydrogens is 346 g/mol. The number of nitrogens with zero attached hydrogens (tertiary/aromatic N) is 1. The first-order valence-corrected chi connectivity index (χ1v) is 9.33. The van der Waals surface area contributed by atoms with Crippen molar-refractivity contribution in [3.63, 3.8) is 0 Å². The van der Waals surface area contributed by atoms with E-state index in [2.05, 4.69) is 15.6 Å². The quantitative estimate of drug-likeness (QED) is 0.851. The molecule has 1 aliphatic heterocycles. The summed E-state index contributed by atoms with van der Waals surface area (Å²) in [6.07, 6.45) is 0.120. The highest BCUT2D eigenvalue weighted by molar-refractivity contribution is 8.15. The lowest BCUT2D eigenvalue weighted by atomic mass is 10.1. The number of amidine groups is 1. The summed E-state index contributed by atoms with van der Waals surface area (Å²) < 4.78 is 0. The van der Waals surface area contributed by atoms with Gasteiger partial charge >= 0.3 is 0 Å². The Morgan fingerprint density at radius 3 is 2.50 bits per heavy atom. The molecule has 0 unspecified atom stereocenters. The topological polar surface area (TPSA) is 70.6 Å². The van der Waals surface area contributed by atoms with Crippen molar-refractivity contribution in [2.75, 3.05) is 5.32 Å². The van der Waals surface area contributed by atoms with Gasteiger partial charge < -0.3 is 10.6 Å². The highest BCUT2D eigenvalue weighted by Gasteiger charge is 2.32. The summed E-state index contributed by atoms with van der Waals surface area (Å²) in [5, 5.41) is 5.81. The molecular formula is C20H21N3O2S. The summed E-state index contributed by atoms with van der Waals surface area (Å²) >= 11 is 1.31. The number of para-hydroxylation sites is 1. The molecule has 1 fully saturated rings. The zero-order valence-corrected chi connectivity index (χ0v) is 15.6. The molecule has 6 heteroatoms. The molecule has 0 saturated carbocycles. The predicted octanol–water partition coefficient (Wildman–Crippen LogP) is 3.42. The molecule has 2 N–H and O–H groups in total. The maximum Gasteiger partial charge on any atom is 0.240 e. The van der Waals surface area contributed by atoms with Crippen molar-refractivity contribution < 1.29 is 9.59 Å². The number of benzene rings is 2. The number of aryl methyl sites for hydroxylation is 2. The molecule has 26 heavy (non-hydrogen) atoms. The molecule has 0 aromatic heterocycles. The van der Waals surface area contributed by atoms with Crippen LogP contribution in [0, 0.1) is 13.8 Å². The molecule has 0 spiro atoms. The van der Waals surface area contributed by atoms with Gasteiger partial charge in [-0.1, -0.05) is 60.3 Å². The fraction of sp³-hybridized carbons (Fsp3) is 0.250. The van der Waals surface area contributed by atoms with Crippen LogP contribution in [0.2, 0.25) is 0 Å². The van der Waals surface area contributed by atoms with E-state index in [4.69, 9.17) is 0 Å². The molecule has 0 radical (unpaired) electrons. The van der Waals surface area contributed by atoms with Gasteiger partial charge in [0.2, 0.25) is 11.8 Å². The van der Waals surface area contributed by atoms with Crippen LogP contribution in [0.25, 0.3) is 0 Å². The molecule has 0 aliphatic carbocycles. The third kappa shape index (κ3) is 4.52. The molecule has 1 saturated heterocycles. The first kappa shape index (κ1) is 18.2. The van der Waals surface area contributed by atoms with Gasteiger partial charge in [0.15, 0.2) is 5.17 Å². The fourth-order valence-electron chi connectivity index (χ4n) is 2.73. The van der Waals surface area contributed by atoms with Crippen molar-refractivity contribution in [3.8, 4) is 0 Å². The minimum absolute atomic E-state index is 0.120. The fourth-order valence-corrected chi connectivity index (χ4v) is 3.70. The number of aliphatic imine (C=N–C) groups is 1. The van der Waals surface area contributed by atoms with E-state index in [0.29, 0.717) is 11.7 Å². The zero-order valence-electron chi connectivity index (χ0n) is 14.8. The number of hydrogen-bond donors (Lipinski definition) is 2. The third-order valence-electron chi connectivity index (χ3n) is 4.14. The normalized spacial score (nSPS) is 18.0. The van der Waals surface area contributed by atoms with Gasteiger partial charge in [0, 0.05) is 12.1 Å². The Morgan fingerprint density at radius 1 is 1.12 bits per heavy atom. The van der Waals surface area contributed by atoms with Crippen LogP contribution in [-0.2, 0) is 16.1 Å². The molecule has 134 valence electrons. The molecule has 2 amide bonds. The van der Waals surface area contributed by atoms with Gasteiger partial charge in [-0.3, -0.25) is 14.6 Å². The number of rotatable bonds is 5. The summed E-state index contributed by atoms with van der Waals surface area (Å²) in [5.74, 6) is -0.335. The molecule has 5 nitrogen and oxygen atoms in total. The Hall–Kier alpha value is -2.60. The maximum atomic E-state index is 12.4. The van der Waals surface area contributed by atoms with Crippen LogP contribution in [0.4, 0.5) is 5.69 Å². The van der Waals surface area contributed by atoms with Crippen molar-refractivity contribution in [1.29, 1.82) is 0 Å². The molecule has 2 aromatic rings. The first-order chi connectivity index (χ1) is 12.5. The second-order valence-electron chi connectivity index (χ2n) is 6.22. The van der Waals surface area contributed by atoms with E-state index in [1.54, 1.807) is 0 Å². The second-order valence-corrected chi connectivity index (χ2v) is 7.41. The Kier molecular flexibility index (Phi) is 5.73. The Bertz CT molecular complexity index is 829. The van der Waals surface area contributed by atoms with Crippen molar-refractivity contribution in [2.24, 2.45) is 4.99 Å². The number of nitrogens with one attached hydrogen (secondary N) is 2. The summed E-state index contributed by atoms with van der Waals surface area (Å²) in [6, 6.07) is 15.7. The molecule has 0 bridgehead atoms. The van der Waals surface area contributed by atoms with Crippen LogP contribution in [0.15, 0.2) is 53.5 Å². The predicted molar refractivity (Wildman–Crippen MR) is 106 cm³/mol. The van der Waals surface area contributed by atoms with Crippen LogP contribution >= 0.6 is 11.8 Å². The minimum atomic E-state index is -0.450. The Labute approximate surface area is 157 Å². The van der Waals surface area contributed by atoms with Crippen molar-refractivity contribution in [2.45, 2.75) is 32.1 Å². The third-order valence-corrected chi connectivity index (χ3v) is 5.26. The highest BCUT2D eigenvalue weighted by atomic mass is 32.2. The smallest absolute Gasteiger partial charge is 0.240 e. The Balaban J connectivity index is 1.58. The van der Waals surface area contributed by atoms with E-state index in [1.807, 2.05) is 62.4 Å². The van der Waals surface area contributed by atoms with E-state index >= 15 is 0 Å². The summed E-state index contributed by atoms with van der Waals surface area (Å²) in [7, 11) is 0. The molecule has 3 rings (SSSR count). The van der Waals surface area contributed by atoms with Crippen molar-refractivity contribution in [3.05, 3.63) is 65.2 Å². The molecule has 1 atom stereocenters. The number of thioether (sulfide) groups is 1. The van der Waals surface area contributed by atoms with Gasteiger partial charge in [-0.2, -0.15) is 0 Å². The van der Waals surface area contributed by atoms with E-state index < -0.39 is 5.25 Å². The van der Waals surface area contributed by atoms with Crippen molar-refractivity contribution in [1.82, 2.24) is 5.32 Å². The number of amides is 2. The van der Waals surface area contributed by atoms with Gasteiger partial charge in [0.1, 0.15) is 5.25 Å². The van der Waals surface area contributed by atoms with Gasteiger partial charge in [-0.15, -0.1) is 0 Å². The van der Waals surface area contributed by atoms with Gasteiger partial charge in [0.05, 0.1) is 6.54 Å². The van der Waals surface area contributed by atoms with Crippen LogP contribution in [0.5, 0.6) is 0 Å². The molecule has 1 heterocycles. The average molecular weight is 367 g/mol. The summed E-state index contributed by atoms with van der Waals surface area (Å²) in [5.41, 5.74) is 3.91. The largest absolute Gasteiger partial charge is 0.326 e. The molecule has 2 aromatic carbocycles. The average Bonchev–Trinajstić information content (AvgIpc) is 2.97.